The van der Waals surface area contributed by atoms with Crippen molar-refractivity contribution >= 4 is 5.91 Å². The fourth-order valence-electron chi connectivity index (χ4n) is 3.18. The zero-order valence-corrected chi connectivity index (χ0v) is 15.0. The van der Waals surface area contributed by atoms with Gasteiger partial charge in [0.2, 0.25) is 0 Å². The zero-order valence-electron chi connectivity index (χ0n) is 15.0. The second kappa shape index (κ2) is 7.20. The highest BCUT2D eigenvalue weighted by atomic mass is 16.2. The molecule has 3 heterocycles. The van der Waals surface area contributed by atoms with E-state index in [0.717, 1.165) is 30.6 Å². The number of hydrogen-bond donors (Lipinski definition) is 3. The van der Waals surface area contributed by atoms with E-state index < -0.39 is 0 Å². The Morgan fingerprint density at radius 3 is 2.70 bits per heavy atom. The smallest absolute Gasteiger partial charge is 0.280 e. The first-order valence-corrected chi connectivity index (χ1v) is 8.97. The summed E-state index contributed by atoms with van der Waals surface area (Å²) in [5.74, 6) is 0.291. The van der Waals surface area contributed by atoms with Crippen molar-refractivity contribution in [2.24, 2.45) is 0 Å². The molecular formula is C20H21N5O2. The molecule has 1 aliphatic heterocycles. The Bertz CT molecular complexity index is 996. The van der Waals surface area contributed by atoms with Gasteiger partial charge in [0, 0.05) is 25.0 Å². The predicted octanol–water partition coefficient (Wildman–Crippen LogP) is 1.63. The van der Waals surface area contributed by atoms with Crippen LogP contribution < -0.4 is 16.2 Å². The van der Waals surface area contributed by atoms with Gasteiger partial charge < -0.3 is 10.6 Å². The SMILES string of the molecule is Cc1ccc(-c2c[nH]n(-c3ccc(C(=O)NC4CCNC4)cn3)c2=O)cc1. The first kappa shape index (κ1) is 17.2. The molecule has 1 saturated heterocycles. The number of aromatic nitrogens is 3. The highest BCUT2D eigenvalue weighted by Gasteiger charge is 2.18. The number of carbonyl (C=O) groups is 1. The molecule has 1 amide bonds. The molecule has 1 fully saturated rings. The van der Waals surface area contributed by atoms with Crippen LogP contribution in [-0.2, 0) is 0 Å². The summed E-state index contributed by atoms with van der Waals surface area (Å²) in [7, 11) is 0. The molecule has 0 bridgehead atoms. The number of pyridine rings is 1. The lowest BCUT2D eigenvalue weighted by Crippen LogP contribution is -2.36. The Hall–Kier alpha value is -3.19. The molecule has 1 unspecified atom stereocenters. The van der Waals surface area contributed by atoms with Crippen LogP contribution in [0.1, 0.15) is 22.3 Å². The van der Waals surface area contributed by atoms with Gasteiger partial charge in [0.05, 0.1) is 11.1 Å². The molecule has 0 radical (unpaired) electrons. The van der Waals surface area contributed by atoms with Crippen LogP contribution in [0.3, 0.4) is 0 Å². The maximum absolute atomic E-state index is 12.7. The summed E-state index contributed by atoms with van der Waals surface area (Å²) in [6, 6.07) is 11.3. The van der Waals surface area contributed by atoms with Crippen LogP contribution in [0.5, 0.6) is 0 Å². The minimum absolute atomic E-state index is 0.151. The van der Waals surface area contributed by atoms with Crippen LogP contribution in [0.15, 0.2) is 53.6 Å². The van der Waals surface area contributed by atoms with Gasteiger partial charge >= 0.3 is 0 Å². The Kier molecular flexibility index (Phi) is 4.60. The van der Waals surface area contributed by atoms with E-state index in [1.165, 1.54) is 10.9 Å². The van der Waals surface area contributed by atoms with Crippen LogP contribution in [0.25, 0.3) is 16.9 Å². The van der Waals surface area contributed by atoms with Crippen LogP contribution in [0.4, 0.5) is 0 Å². The lowest BCUT2D eigenvalue weighted by Gasteiger charge is -2.11. The van der Waals surface area contributed by atoms with Crippen molar-refractivity contribution in [3.05, 3.63) is 70.3 Å². The van der Waals surface area contributed by atoms with Crippen molar-refractivity contribution in [1.29, 1.82) is 0 Å². The third kappa shape index (κ3) is 3.54. The Morgan fingerprint density at radius 2 is 2.04 bits per heavy atom. The van der Waals surface area contributed by atoms with Crippen molar-refractivity contribution < 1.29 is 4.79 Å². The number of amides is 1. The van der Waals surface area contributed by atoms with E-state index in [4.69, 9.17) is 0 Å². The van der Waals surface area contributed by atoms with Crippen molar-refractivity contribution in [2.75, 3.05) is 13.1 Å². The number of nitrogens with zero attached hydrogens (tertiary/aromatic N) is 2. The van der Waals surface area contributed by atoms with E-state index in [-0.39, 0.29) is 17.5 Å². The summed E-state index contributed by atoms with van der Waals surface area (Å²) in [4.78, 5) is 29.3. The standard InChI is InChI=1S/C20H21N5O2/c1-13-2-4-14(5-3-13)17-12-23-25(20(17)27)18-7-6-15(10-22-18)19(26)24-16-8-9-21-11-16/h2-7,10,12,16,21,23H,8-9,11H2,1H3,(H,24,26). The molecule has 7 heteroatoms. The third-order valence-electron chi connectivity index (χ3n) is 4.77. The minimum Gasteiger partial charge on any atom is -0.348 e. The number of rotatable bonds is 4. The van der Waals surface area contributed by atoms with Gasteiger partial charge in [0.1, 0.15) is 0 Å². The highest BCUT2D eigenvalue weighted by Crippen LogP contribution is 2.16. The van der Waals surface area contributed by atoms with Gasteiger partial charge in [0.15, 0.2) is 5.82 Å². The van der Waals surface area contributed by atoms with Crippen LogP contribution in [0, 0.1) is 6.92 Å². The maximum atomic E-state index is 12.7. The largest absolute Gasteiger partial charge is 0.348 e. The molecule has 0 saturated carbocycles. The van der Waals surface area contributed by atoms with Crippen molar-refractivity contribution in [3.8, 4) is 16.9 Å². The Labute approximate surface area is 156 Å². The van der Waals surface area contributed by atoms with E-state index in [2.05, 4.69) is 20.7 Å². The van der Waals surface area contributed by atoms with Crippen molar-refractivity contribution in [3.63, 3.8) is 0 Å². The third-order valence-corrected chi connectivity index (χ3v) is 4.77. The van der Waals surface area contributed by atoms with Gasteiger partial charge in [-0.25, -0.2) is 9.67 Å². The number of benzene rings is 1. The molecule has 138 valence electrons. The maximum Gasteiger partial charge on any atom is 0.280 e. The number of H-pyrrole nitrogens is 1. The summed E-state index contributed by atoms with van der Waals surface area (Å²) >= 11 is 0. The molecule has 7 nitrogen and oxygen atoms in total. The fourth-order valence-corrected chi connectivity index (χ4v) is 3.18. The molecule has 1 aromatic carbocycles. The predicted molar refractivity (Wildman–Crippen MR) is 103 cm³/mol. The molecule has 0 aliphatic carbocycles. The van der Waals surface area contributed by atoms with E-state index in [9.17, 15) is 9.59 Å². The lowest BCUT2D eigenvalue weighted by atomic mass is 10.1. The highest BCUT2D eigenvalue weighted by molar-refractivity contribution is 5.94. The molecule has 1 aliphatic rings. The van der Waals surface area contributed by atoms with Crippen LogP contribution in [-0.4, -0.2) is 39.8 Å². The van der Waals surface area contributed by atoms with E-state index in [1.54, 1.807) is 18.3 Å². The zero-order chi connectivity index (χ0) is 18.8. The monoisotopic (exact) mass is 363 g/mol. The molecule has 27 heavy (non-hydrogen) atoms. The first-order chi connectivity index (χ1) is 13.1. The molecular weight excluding hydrogens is 342 g/mol. The van der Waals surface area contributed by atoms with Crippen molar-refractivity contribution in [2.45, 2.75) is 19.4 Å². The quantitative estimate of drug-likeness (QED) is 0.657. The van der Waals surface area contributed by atoms with Gasteiger partial charge in [-0.15, -0.1) is 0 Å². The van der Waals surface area contributed by atoms with Gasteiger partial charge in [0.25, 0.3) is 11.5 Å². The fraction of sp³-hybridized carbons (Fsp3) is 0.250. The summed E-state index contributed by atoms with van der Waals surface area (Å²) in [5, 5.41) is 9.13. The van der Waals surface area contributed by atoms with Crippen LogP contribution >= 0.6 is 0 Å². The minimum atomic E-state index is -0.180. The second-order valence-corrected chi connectivity index (χ2v) is 6.76. The normalized spacial score (nSPS) is 16.4. The Balaban J connectivity index is 1.55. The first-order valence-electron chi connectivity index (χ1n) is 8.97. The summed E-state index contributed by atoms with van der Waals surface area (Å²) in [6.45, 7) is 3.71. The average molecular weight is 363 g/mol. The van der Waals surface area contributed by atoms with E-state index in [1.807, 2.05) is 31.2 Å². The van der Waals surface area contributed by atoms with Gasteiger partial charge in [-0.2, -0.15) is 0 Å². The molecule has 2 aromatic heterocycles. The molecule has 0 spiro atoms. The number of aryl methyl sites for hydroxylation is 1. The van der Waals surface area contributed by atoms with Crippen molar-refractivity contribution in [1.82, 2.24) is 25.4 Å². The summed E-state index contributed by atoms with van der Waals surface area (Å²) in [5.41, 5.74) is 2.86. The molecule has 3 aromatic rings. The molecule has 3 N–H and O–H groups in total. The Morgan fingerprint density at radius 1 is 1.22 bits per heavy atom. The molecule has 1 atom stereocenters. The summed E-state index contributed by atoms with van der Waals surface area (Å²) in [6.07, 6.45) is 4.09. The number of nitrogens with one attached hydrogen (secondary N) is 3. The van der Waals surface area contributed by atoms with E-state index >= 15 is 0 Å². The lowest BCUT2D eigenvalue weighted by molar-refractivity contribution is 0.0939. The summed E-state index contributed by atoms with van der Waals surface area (Å²) < 4.78 is 1.37. The van der Waals surface area contributed by atoms with E-state index in [0.29, 0.717) is 16.9 Å². The van der Waals surface area contributed by atoms with Gasteiger partial charge in [-0.3, -0.25) is 14.7 Å². The van der Waals surface area contributed by atoms with Gasteiger partial charge in [-0.05, 0) is 37.6 Å². The number of aromatic amines is 1. The second-order valence-electron chi connectivity index (χ2n) is 6.76. The molecule has 4 rings (SSSR count). The number of carbonyl (C=O) groups excluding carboxylic acids is 1. The van der Waals surface area contributed by atoms with Gasteiger partial charge in [-0.1, -0.05) is 29.8 Å². The van der Waals surface area contributed by atoms with Crippen LogP contribution in [0.2, 0.25) is 0 Å². The average Bonchev–Trinajstić information content (AvgIpc) is 3.32. The number of hydrogen-bond acceptors (Lipinski definition) is 4. The topological polar surface area (TPSA) is 91.8 Å².